The van der Waals surface area contributed by atoms with Crippen molar-refractivity contribution < 1.29 is 18.7 Å². The lowest BCUT2D eigenvalue weighted by atomic mass is 9.97. The van der Waals surface area contributed by atoms with Crippen LogP contribution in [0, 0.1) is 5.82 Å². The molecule has 0 spiro atoms. The first-order chi connectivity index (χ1) is 15.0. The Morgan fingerprint density at radius 2 is 1.97 bits per heavy atom. The Balaban J connectivity index is 1.50. The van der Waals surface area contributed by atoms with E-state index in [1.54, 1.807) is 31.0 Å². The van der Waals surface area contributed by atoms with E-state index >= 15 is 0 Å². The van der Waals surface area contributed by atoms with Crippen molar-refractivity contribution in [3.63, 3.8) is 0 Å². The standard InChI is InChI=1S/C23H25FN4O3/c1-3-31-22-20(13-29)26(2)23-16(21(22)30)8-14-9-17(24)19(10-18(14)25-23)28-11-15(12-28)27-6-4-5-7-27/h8-10,15,22H,3-7,11-12H2,1-2H3. The molecule has 1 unspecified atom stereocenters. The first kappa shape index (κ1) is 20.1. The number of aromatic nitrogens is 1. The molecule has 1 aromatic carbocycles. The molecule has 2 saturated heterocycles. The highest BCUT2D eigenvalue weighted by Gasteiger charge is 2.38. The lowest BCUT2D eigenvalue weighted by Gasteiger charge is -2.45. The third kappa shape index (κ3) is 3.22. The lowest BCUT2D eigenvalue weighted by Crippen LogP contribution is -2.59. The van der Waals surface area contributed by atoms with Crippen LogP contribution in [0.2, 0.25) is 0 Å². The van der Waals surface area contributed by atoms with Crippen LogP contribution in [0.4, 0.5) is 15.9 Å². The number of pyridine rings is 1. The number of likely N-dealkylation sites (tertiary alicyclic amines) is 1. The predicted molar refractivity (Wildman–Crippen MR) is 116 cm³/mol. The molecule has 3 aliphatic heterocycles. The molecule has 2 fully saturated rings. The zero-order chi connectivity index (χ0) is 21.7. The summed E-state index contributed by atoms with van der Waals surface area (Å²) >= 11 is 0. The van der Waals surface area contributed by atoms with Crippen molar-refractivity contribution in [2.75, 3.05) is 49.6 Å². The van der Waals surface area contributed by atoms with Crippen LogP contribution in [-0.2, 0) is 9.53 Å². The number of nitrogens with zero attached hydrogens (tertiary/aromatic N) is 4. The van der Waals surface area contributed by atoms with Gasteiger partial charge in [-0.2, -0.15) is 0 Å². The van der Waals surface area contributed by atoms with Gasteiger partial charge in [0.2, 0.25) is 5.78 Å². The molecule has 0 radical (unpaired) electrons. The number of ketones is 1. The summed E-state index contributed by atoms with van der Waals surface area (Å²) in [6.45, 7) is 5.90. The molecule has 162 valence electrons. The Morgan fingerprint density at radius 1 is 1.23 bits per heavy atom. The smallest absolute Gasteiger partial charge is 0.202 e. The van der Waals surface area contributed by atoms with Gasteiger partial charge in [-0.1, -0.05) is 0 Å². The maximum absolute atomic E-state index is 15.0. The average molecular weight is 424 g/mol. The number of carbonyl (C=O) groups is 1. The summed E-state index contributed by atoms with van der Waals surface area (Å²) in [5, 5.41) is 0.548. The normalized spacial score (nSPS) is 22.1. The van der Waals surface area contributed by atoms with Gasteiger partial charge < -0.3 is 14.5 Å². The van der Waals surface area contributed by atoms with E-state index in [0.29, 0.717) is 34.0 Å². The number of anilines is 2. The third-order valence-electron chi connectivity index (χ3n) is 6.59. The molecular formula is C23H25FN4O3. The average Bonchev–Trinajstić information content (AvgIpc) is 3.25. The number of hydrogen-bond donors (Lipinski definition) is 0. The highest BCUT2D eigenvalue weighted by Crippen LogP contribution is 2.36. The Bertz CT molecular complexity index is 1100. The predicted octanol–water partition coefficient (Wildman–Crippen LogP) is 2.41. The van der Waals surface area contributed by atoms with Crippen molar-refractivity contribution in [1.29, 1.82) is 0 Å². The quantitative estimate of drug-likeness (QED) is 0.699. The third-order valence-corrected chi connectivity index (χ3v) is 6.59. The molecule has 1 atom stereocenters. The summed E-state index contributed by atoms with van der Waals surface area (Å²) in [7, 11) is 1.66. The SMILES string of the molecule is CCOC1C(=O)c2cc3cc(F)c(N4CC(N5CCCC5)C4)cc3nc2N(C)C1=C=O. The van der Waals surface area contributed by atoms with Gasteiger partial charge in [-0.15, -0.1) is 0 Å². The molecule has 0 aliphatic carbocycles. The fraction of sp³-hybridized carbons (Fsp3) is 0.478. The van der Waals surface area contributed by atoms with Gasteiger partial charge in [0.25, 0.3) is 0 Å². The van der Waals surface area contributed by atoms with Crippen molar-refractivity contribution in [3.8, 4) is 0 Å². The Kier molecular flexibility index (Phi) is 5.01. The highest BCUT2D eigenvalue weighted by atomic mass is 19.1. The van der Waals surface area contributed by atoms with E-state index in [0.717, 1.165) is 26.2 Å². The molecular weight excluding hydrogens is 399 g/mol. The molecule has 0 bridgehead atoms. The number of carbonyl (C=O) groups excluding carboxylic acids is 2. The van der Waals surface area contributed by atoms with Gasteiger partial charge in [-0.25, -0.2) is 14.2 Å². The zero-order valence-electron chi connectivity index (χ0n) is 17.7. The molecule has 2 aromatic rings. The summed E-state index contributed by atoms with van der Waals surface area (Å²) in [4.78, 5) is 35.2. The maximum Gasteiger partial charge on any atom is 0.202 e. The monoisotopic (exact) mass is 424 g/mol. The second-order valence-electron chi connectivity index (χ2n) is 8.40. The molecule has 0 saturated carbocycles. The molecule has 3 aliphatic rings. The maximum atomic E-state index is 15.0. The van der Waals surface area contributed by atoms with Crippen molar-refractivity contribution in [2.24, 2.45) is 0 Å². The van der Waals surface area contributed by atoms with Crippen LogP contribution in [0.5, 0.6) is 0 Å². The minimum Gasteiger partial charge on any atom is -0.366 e. The Morgan fingerprint density at radius 3 is 2.65 bits per heavy atom. The topological polar surface area (TPSA) is 66.0 Å². The zero-order valence-corrected chi connectivity index (χ0v) is 17.7. The number of halogens is 1. The van der Waals surface area contributed by atoms with Gasteiger partial charge in [0, 0.05) is 38.2 Å². The minimum absolute atomic E-state index is 0.102. The second kappa shape index (κ2) is 7.71. The van der Waals surface area contributed by atoms with Gasteiger partial charge in [-0.3, -0.25) is 9.69 Å². The molecule has 7 nitrogen and oxygen atoms in total. The minimum atomic E-state index is -1.02. The van der Waals surface area contributed by atoms with Gasteiger partial charge in [0.1, 0.15) is 23.3 Å². The summed E-state index contributed by atoms with van der Waals surface area (Å²) in [6, 6.07) is 5.30. The van der Waals surface area contributed by atoms with Gasteiger partial charge in [0.15, 0.2) is 6.10 Å². The molecule has 1 aromatic heterocycles. The van der Waals surface area contributed by atoms with E-state index in [-0.39, 0.29) is 23.9 Å². The lowest BCUT2D eigenvalue weighted by molar-refractivity contribution is 0.0559. The molecule has 31 heavy (non-hydrogen) atoms. The van der Waals surface area contributed by atoms with Crippen LogP contribution < -0.4 is 9.80 Å². The van der Waals surface area contributed by atoms with Crippen LogP contribution in [0.15, 0.2) is 23.9 Å². The van der Waals surface area contributed by atoms with Crippen LogP contribution in [0.1, 0.15) is 30.1 Å². The van der Waals surface area contributed by atoms with Crippen LogP contribution in [0.3, 0.4) is 0 Å². The van der Waals surface area contributed by atoms with Crippen molar-refractivity contribution >= 4 is 34.1 Å². The van der Waals surface area contributed by atoms with Crippen molar-refractivity contribution in [3.05, 3.63) is 35.3 Å². The largest absolute Gasteiger partial charge is 0.366 e. The van der Waals surface area contributed by atoms with Crippen molar-refractivity contribution in [1.82, 2.24) is 9.88 Å². The van der Waals surface area contributed by atoms with E-state index in [2.05, 4.69) is 9.88 Å². The first-order valence-electron chi connectivity index (χ1n) is 10.8. The number of fused-ring (bicyclic) bond motifs is 2. The molecule has 0 amide bonds. The van der Waals surface area contributed by atoms with Gasteiger partial charge >= 0.3 is 0 Å². The summed E-state index contributed by atoms with van der Waals surface area (Å²) in [5.41, 5.74) is 1.53. The first-order valence-corrected chi connectivity index (χ1v) is 10.8. The number of rotatable bonds is 4. The van der Waals surface area contributed by atoms with Gasteiger partial charge in [-0.05, 0) is 51.1 Å². The number of Topliss-reactive ketones (excluding diaryl/α,β-unsaturated/α-hetero) is 1. The number of ether oxygens (including phenoxy) is 1. The summed E-state index contributed by atoms with van der Waals surface area (Å²) in [6.07, 6.45) is 1.46. The molecule has 5 rings (SSSR count). The Hall–Kier alpha value is -2.80. The van der Waals surface area contributed by atoms with E-state index in [1.165, 1.54) is 18.9 Å². The fourth-order valence-electron chi connectivity index (χ4n) is 4.84. The van der Waals surface area contributed by atoms with Gasteiger partial charge in [0.05, 0.1) is 16.8 Å². The van der Waals surface area contributed by atoms with Crippen molar-refractivity contribution in [2.45, 2.75) is 31.9 Å². The Labute approximate surface area is 180 Å². The fourth-order valence-corrected chi connectivity index (χ4v) is 4.84. The van der Waals surface area contributed by atoms with E-state index in [1.807, 2.05) is 10.8 Å². The number of likely N-dealkylation sites (N-methyl/N-ethyl adjacent to an activating group) is 1. The summed E-state index contributed by atoms with van der Waals surface area (Å²) < 4.78 is 20.4. The van der Waals surface area contributed by atoms with E-state index in [9.17, 15) is 14.0 Å². The highest BCUT2D eigenvalue weighted by molar-refractivity contribution is 6.11. The molecule has 0 N–H and O–H groups in total. The van der Waals surface area contributed by atoms with E-state index < -0.39 is 6.10 Å². The van der Waals surface area contributed by atoms with Crippen LogP contribution >= 0.6 is 0 Å². The summed E-state index contributed by atoms with van der Waals surface area (Å²) in [5.74, 6) is 1.52. The van der Waals surface area contributed by atoms with E-state index in [4.69, 9.17) is 4.74 Å². The second-order valence-corrected chi connectivity index (χ2v) is 8.40. The number of benzene rings is 1. The molecule has 4 heterocycles. The van der Waals surface area contributed by atoms with Crippen LogP contribution in [-0.4, -0.2) is 73.6 Å². The van der Waals surface area contributed by atoms with Crippen LogP contribution in [0.25, 0.3) is 10.9 Å². The molecule has 8 heteroatoms. The number of hydrogen-bond acceptors (Lipinski definition) is 7.